The van der Waals surface area contributed by atoms with Crippen LogP contribution in [0.1, 0.15) is 23.7 Å². The first kappa shape index (κ1) is 12.3. The molecule has 1 amide bonds. The predicted molar refractivity (Wildman–Crippen MR) is 69.3 cm³/mol. The van der Waals surface area contributed by atoms with Crippen molar-refractivity contribution < 1.29 is 4.79 Å². The predicted octanol–water partition coefficient (Wildman–Crippen LogP) is 1.86. The molecular weight excluding hydrogens is 228 g/mol. The second kappa shape index (κ2) is 5.44. The fraction of sp³-hybridized carbons (Fsp3) is 0.308. The maximum Gasteiger partial charge on any atom is 0.231 e. The number of hydrogen-bond donors (Lipinski definition) is 2. The van der Waals surface area contributed by atoms with Gasteiger partial charge in [0.2, 0.25) is 5.91 Å². The van der Waals surface area contributed by atoms with Crippen LogP contribution in [0.2, 0.25) is 0 Å². The molecule has 0 bridgehead atoms. The van der Waals surface area contributed by atoms with Crippen LogP contribution < -0.4 is 5.32 Å². The lowest BCUT2D eigenvalue weighted by atomic mass is 10.1. The Morgan fingerprint density at radius 2 is 2.33 bits per heavy atom. The Morgan fingerprint density at radius 3 is 3.06 bits per heavy atom. The molecule has 0 radical (unpaired) electrons. The van der Waals surface area contributed by atoms with Gasteiger partial charge in [0.1, 0.15) is 5.82 Å². The van der Waals surface area contributed by atoms with Crippen LogP contribution in [-0.4, -0.2) is 21.1 Å². The van der Waals surface area contributed by atoms with Gasteiger partial charge in [-0.2, -0.15) is 5.10 Å². The van der Waals surface area contributed by atoms with Crippen molar-refractivity contribution in [2.75, 3.05) is 5.32 Å². The summed E-state index contributed by atoms with van der Waals surface area (Å²) in [6.07, 6.45) is 4.52. The minimum absolute atomic E-state index is 0.0873. The van der Waals surface area contributed by atoms with Gasteiger partial charge in [0.15, 0.2) is 0 Å². The molecule has 18 heavy (non-hydrogen) atoms. The molecule has 0 unspecified atom stereocenters. The minimum Gasteiger partial charge on any atom is -0.311 e. The number of nitrogens with zero attached hydrogens (tertiary/aromatic N) is 2. The third-order valence-corrected chi connectivity index (χ3v) is 2.81. The SMILES string of the molecule is CCc1cn[nH]c1NC(=O)Cc1ncccc1C. The first-order chi connectivity index (χ1) is 8.70. The number of aromatic amines is 1. The number of amides is 1. The van der Waals surface area contributed by atoms with Gasteiger partial charge in [0.05, 0.1) is 18.3 Å². The highest BCUT2D eigenvalue weighted by atomic mass is 16.1. The molecule has 0 aliphatic heterocycles. The van der Waals surface area contributed by atoms with E-state index in [4.69, 9.17) is 0 Å². The lowest BCUT2D eigenvalue weighted by Gasteiger charge is -2.06. The van der Waals surface area contributed by atoms with Crippen molar-refractivity contribution in [3.05, 3.63) is 41.3 Å². The molecule has 2 aromatic heterocycles. The van der Waals surface area contributed by atoms with Gasteiger partial charge in [-0.15, -0.1) is 0 Å². The van der Waals surface area contributed by atoms with Crippen molar-refractivity contribution in [3.8, 4) is 0 Å². The number of rotatable bonds is 4. The van der Waals surface area contributed by atoms with E-state index in [0.717, 1.165) is 23.2 Å². The third-order valence-electron chi connectivity index (χ3n) is 2.81. The lowest BCUT2D eigenvalue weighted by molar-refractivity contribution is -0.115. The van der Waals surface area contributed by atoms with E-state index >= 15 is 0 Å². The summed E-state index contributed by atoms with van der Waals surface area (Å²) in [4.78, 5) is 16.1. The van der Waals surface area contributed by atoms with E-state index in [9.17, 15) is 4.79 Å². The van der Waals surface area contributed by atoms with Crippen LogP contribution in [0.5, 0.6) is 0 Å². The van der Waals surface area contributed by atoms with E-state index in [0.29, 0.717) is 5.82 Å². The summed E-state index contributed by atoms with van der Waals surface area (Å²) in [7, 11) is 0. The van der Waals surface area contributed by atoms with Crippen LogP contribution in [0, 0.1) is 6.92 Å². The molecule has 0 saturated heterocycles. The highest BCUT2D eigenvalue weighted by Gasteiger charge is 2.10. The second-order valence-corrected chi connectivity index (χ2v) is 4.12. The topological polar surface area (TPSA) is 70.7 Å². The van der Waals surface area contributed by atoms with Crippen molar-refractivity contribution in [3.63, 3.8) is 0 Å². The summed E-state index contributed by atoms with van der Waals surface area (Å²) in [6.45, 7) is 3.96. The normalized spacial score (nSPS) is 10.3. The highest BCUT2D eigenvalue weighted by molar-refractivity contribution is 5.91. The van der Waals surface area contributed by atoms with E-state index < -0.39 is 0 Å². The van der Waals surface area contributed by atoms with Crippen LogP contribution in [0.4, 0.5) is 5.82 Å². The van der Waals surface area contributed by atoms with Crippen molar-refractivity contribution in [2.45, 2.75) is 26.7 Å². The summed E-state index contributed by atoms with van der Waals surface area (Å²) in [5.41, 5.74) is 2.82. The van der Waals surface area contributed by atoms with Gasteiger partial charge in [-0.3, -0.25) is 14.9 Å². The molecule has 0 saturated carbocycles. The van der Waals surface area contributed by atoms with Crippen LogP contribution in [0.3, 0.4) is 0 Å². The molecule has 2 aromatic rings. The molecule has 2 rings (SSSR count). The van der Waals surface area contributed by atoms with Crippen molar-refractivity contribution in [1.82, 2.24) is 15.2 Å². The monoisotopic (exact) mass is 244 g/mol. The van der Waals surface area contributed by atoms with Crippen molar-refractivity contribution >= 4 is 11.7 Å². The van der Waals surface area contributed by atoms with Gasteiger partial charge in [0.25, 0.3) is 0 Å². The summed E-state index contributed by atoms with van der Waals surface area (Å²) in [5, 5.41) is 9.52. The minimum atomic E-state index is -0.0873. The first-order valence-electron chi connectivity index (χ1n) is 5.93. The quantitative estimate of drug-likeness (QED) is 0.862. The number of aryl methyl sites for hydroxylation is 2. The first-order valence-corrected chi connectivity index (χ1v) is 5.93. The molecule has 0 atom stereocenters. The van der Waals surface area contributed by atoms with Crippen molar-refractivity contribution in [1.29, 1.82) is 0 Å². The maximum atomic E-state index is 11.9. The average molecular weight is 244 g/mol. The number of nitrogens with one attached hydrogen (secondary N) is 2. The zero-order valence-corrected chi connectivity index (χ0v) is 10.5. The Hall–Kier alpha value is -2.17. The zero-order chi connectivity index (χ0) is 13.0. The number of carbonyl (C=O) groups excluding carboxylic acids is 1. The number of H-pyrrole nitrogens is 1. The Bertz CT molecular complexity index is 547. The van der Waals surface area contributed by atoms with Gasteiger partial charge >= 0.3 is 0 Å². The van der Waals surface area contributed by atoms with Crippen LogP contribution >= 0.6 is 0 Å². The number of carbonyl (C=O) groups is 1. The van der Waals surface area contributed by atoms with E-state index in [-0.39, 0.29) is 12.3 Å². The molecule has 2 N–H and O–H groups in total. The summed E-state index contributed by atoms with van der Waals surface area (Å²) < 4.78 is 0. The zero-order valence-electron chi connectivity index (χ0n) is 10.5. The molecule has 5 heteroatoms. The van der Waals surface area contributed by atoms with Crippen LogP contribution in [0.15, 0.2) is 24.5 Å². The van der Waals surface area contributed by atoms with E-state index in [1.54, 1.807) is 12.4 Å². The fourth-order valence-electron chi connectivity index (χ4n) is 1.73. The largest absolute Gasteiger partial charge is 0.311 e. The van der Waals surface area contributed by atoms with Crippen LogP contribution in [-0.2, 0) is 17.6 Å². The van der Waals surface area contributed by atoms with E-state index in [2.05, 4.69) is 20.5 Å². The summed E-state index contributed by atoms with van der Waals surface area (Å²) in [6, 6.07) is 3.81. The second-order valence-electron chi connectivity index (χ2n) is 4.12. The highest BCUT2D eigenvalue weighted by Crippen LogP contribution is 2.12. The standard InChI is InChI=1S/C13H16N4O/c1-3-10-8-15-17-13(10)16-12(18)7-11-9(2)5-4-6-14-11/h4-6,8H,3,7H2,1-2H3,(H2,15,16,17,18). The molecule has 0 aliphatic carbocycles. The lowest BCUT2D eigenvalue weighted by Crippen LogP contribution is -2.17. The molecule has 0 fully saturated rings. The van der Waals surface area contributed by atoms with Gasteiger partial charge in [-0.05, 0) is 25.0 Å². The van der Waals surface area contributed by atoms with Gasteiger partial charge in [0, 0.05) is 11.8 Å². The Morgan fingerprint density at radius 1 is 1.50 bits per heavy atom. The number of pyridine rings is 1. The number of anilines is 1. The number of aromatic nitrogens is 3. The molecule has 94 valence electrons. The molecule has 0 aliphatic rings. The Labute approximate surface area is 106 Å². The Kier molecular flexibility index (Phi) is 3.72. The molecular formula is C13H16N4O. The average Bonchev–Trinajstić information content (AvgIpc) is 2.79. The van der Waals surface area contributed by atoms with Gasteiger partial charge in [-0.1, -0.05) is 13.0 Å². The fourth-order valence-corrected chi connectivity index (χ4v) is 1.73. The smallest absolute Gasteiger partial charge is 0.231 e. The molecule has 2 heterocycles. The van der Waals surface area contributed by atoms with Crippen LogP contribution in [0.25, 0.3) is 0 Å². The molecule has 0 spiro atoms. The Balaban J connectivity index is 2.04. The van der Waals surface area contributed by atoms with Gasteiger partial charge < -0.3 is 5.32 Å². The van der Waals surface area contributed by atoms with Gasteiger partial charge in [-0.25, -0.2) is 0 Å². The van der Waals surface area contributed by atoms with E-state index in [1.807, 2.05) is 26.0 Å². The molecule has 5 nitrogen and oxygen atoms in total. The van der Waals surface area contributed by atoms with E-state index in [1.165, 1.54) is 0 Å². The summed E-state index contributed by atoms with van der Waals surface area (Å²) >= 11 is 0. The maximum absolute atomic E-state index is 11.9. The number of hydrogen-bond acceptors (Lipinski definition) is 3. The van der Waals surface area contributed by atoms with Crippen molar-refractivity contribution in [2.24, 2.45) is 0 Å². The summed E-state index contributed by atoms with van der Waals surface area (Å²) in [5.74, 6) is 0.590. The molecule has 0 aromatic carbocycles. The third kappa shape index (κ3) is 2.74.